The normalized spacial score (nSPS) is 26.8. The number of hydrogen-bond acceptors (Lipinski definition) is 3. The molecule has 2 rings (SSSR count). The van der Waals surface area contributed by atoms with Gasteiger partial charge in [0.15, 0.2) is 5.82 Å². The van der Waals surface area contributed by atoms with Gasteiger partial charge in [-0.25, -0.2) is 4.98 Å². The standard InChI is InChI=1S/C16H27N3O/c1-11(2)10-19-8-7-17-15(16(19)20)18-14-6-5-12(3)13(4)9-14/h7-8,11-14H,5-6,9-10H2,1-4H3,(H,17,18). The summed E-state index contributed by atoms with van der Waals surface area (Å²) in [6.45, 7) is 9.59. The molecule has 20 heavy (non-hydrogen) atoms. The molecule has 112 valence electrons. The molecular weight excluding hydrogens is 250 g/mol. The zero-order chi connectivity index (χ0) is 14.7. The summed E-state index contributed by atoms with van der Waals surface area (Å²) in [6.07, 6.45) is 6.99. The van der Waals surface area contributed by atoms with E-state index in [0.29, 0.717) is 23.7 Å². The predicted molar refractivity (Wildman–Crippen MR) is 82.9 cm³/mol. The van der Waals surface area contributed by atoms with Crippen LogP contribution in [0.2, 0.25) is 0 Å². The molecule has 1 saturated carbocycles. The highest BCUT2D eigenvalue weighted by Gasteiger charge is 2.25. The molecule has 1 aromatic heterocycles. The van der Waals surface area contributed by atoms with Gasteiger partial charge in [0.05, 0.1) is 0 Å². The molecule has 0 amide bonds. The maximum atomic E-state index is 12.4. The Bertz CT molecular complexity index is 495. The lowest BCUT2D eigenvalue weighted by Gasteiger charge is -2.32. The van der Waals surface area contributed by atoms with Crippen LogP contribution in [0, 0.1) is 17.8 Å². The van der Waals surface area contributed by atoms with Crippen LogP contribution in [0.15, 0.2) is 17.2 Å². The van der Waals surface area contributed by atoms with Crippen LogP contribution in [0.4, 0.5) is 5.82 Å². The summed E-state index contributed by atoms with van der Waals surface area (Å²) >= 11 is 0. The van der Waals surface area contributed by atoms with Gasteiger partial charge in [-0.3, -0.25) is 4.79 Å². The first-order valence-corrected chi connectivity index (χ1v) is 7.79. The van der Waals surface area contributed by atoms with Gasteiger partial charge in [0.25, 0.3) is 5.56 Å². The van der Waals surface area contributed by atoms with Gasteiger partial charge in [0.2, 0.25) is 0 Å². The van der Waals surface area contributed by atoms with Crippen LogP contribution in [0.1, 0.15) is 47.0 Å². The van der Waals surface area contributed by atoms with Gasteiger partial charge in [-0.2, -0.15) is 0 Å². The number of nitrogens with one attached hydrogen (secondary N) is 1. The second kappa shape index (κ2) is 6.42. The largest absolute Gasteiger partial charge is 0.363 e. The van der Waals surface area contributed by atoms with Crippen molar-refractivity contribution in [1.29, 1.82) is 0 Å². The van der Waals surface area contributed by atoms with Gasteiger partial charge >= 0.3 is 0 Å². The molecule has 3 unspecified atom stereocenters. The average Bonchev–Trinajstić information content (AvgIpc) is 2.38. The number of hydrogen-bond donors (Lipinski definition) is 1. The van der Waals surface area contributed by atoms with Crippen LogP contribution in [0.3, 0.4) is 0 Å². The van der Waals surface area contributed by atoms with E-state index < -0.39 is 0 Å². The van der Waals surface area contributed by atoms with E-state index in [1.54, 1.807) is 17.0 Å². The van der Waals surface area contributed by atoms with Gasteiger partial charge < -0.3 is 9.88 Å². The van der Waals surface area contributed by atoms with E-state index in [0.717, 1.165) is 25.3 Å². The van der Waals surface area contributed by atoms with E-state index in [-0.39, 0.29) is 5.56 Å². The van der Waals surface area contributed by atoms with E-state index in [2.05, 4.69) is 38.0 Å². The second-order valence-electron chi connectivity index (χ2n) is 6.74. The fraction of sp³-hybridized carbons (Fsp3) is 0.750. The van der Waals surface area contributed by atoms with Crippen LogP contribution >= 0.6 is 0 Å². The van der Waals surface area contributed by atoms with Gasteiger partial charge in [0.1, 0.15) is 0 Å². The summed E-state index contributed by atoms with van der Waals surface area (Å²) in [5.41, 5.74) is 0.00692. The molecule has 0 radical (unpaired) electrons. The van der Waals surface area contributed by atoms with Gasteiger partial charge in [0, 0.05) is 25.0 Å². The van der Waals surface area contributed by atoms with Crippen LogP contribution in [-0.2, 0) is 6.54 Å². The molecule has 4 nitrogen and oxygen atoms in total. The van der Waals surface area contributed by atoms with E-state index in [1.807, 2.05) is 0 Å². The summed E-state index contributed by atoms with van der Waals surface area (Å²) in [5.74, 6) is 2.47. The highest BCUT2D eigenvalue weighted by molar-refractivity contribution is 5.32. The van der Waals surface area contributed by atoms with Gasteiger partial charge in [-0.1, -0.05) is 27.7 Å². The van der Waals surface area contributed by atoms with Crippen molar-refractivity contribution in [2.45, 2.75) is 59.5 Å². The van der Waals surface area contributed by atoms with Gasteiger partial charge in [-0.15, -0.1) is 0 Å². The Morgan fingerprint density at radius 1 is 1.35 bits per heavy atom. The fourth-order valence-electron chi connectivity index (χ4n) is 2.96. The number of anilines is 1. The molecule has 0 spiro atoms. The summed E-state index contributed by atoms with van der Waals surface area (Å²) in [7, 11) is 0. The topological polar surface area (TPSA) is 46.9 Å². The lowest BCUT2D eigenvalue weighted by molar-refractivity contribution is 0.260. The Morgan fingerprint density at radius 3 is 2.75 bits per heavy atom. The molecule has 1 aliphatic carbocycles. The molecule has 1 aromatic rings. The minimum absolute atomic E-state index is 0.00692. The van der Waals surface area contributed by atoms with E-state index in [4.69, 9.17) is 0 Å². The molecule has 1 fully saturated rings. The smallest absolute Gasteiger partial charge is 0.293 e. The van der Waals surface area contributed by atoms with Crippen LogP contribution in [0.25, 0.3) is 0 Å². The van der Waals surface area contributed by atoms with E-state index >= 15 is 0 Å². The molecule has 0 aromatic carbocycles. The third-order valence-corrected chi connectivity index (χ3v) is 4.41. The zero-order valence-corrected chi connectivity index (χ0v) is 13.1. The first-order valence-electron chi connectivity index (χ1n) is 7.79. The molecular formula is C16H27N3O. The third kappa shape index (κ3) is 3.62. The summed E-state index contributed by atoms with van der Waals surface area (Å²) < 4.78 is 1.76. The lowest BCUT2D eigenvalue weighted by Crippen LogP contribution is -2.34. The highest BCUT2D eigenvalue weighted by atomic mass is 16.1. The SMILES string of the molecule is CC(C)Cn1ccnc(NC2CCC(C)C(C)C2)c1=O. The van der Waals surface area contributed by atoms with Crippen LogP contribution < -0.4 is 10.9 Å². The lowest BCUT2D eigenvalue weighted by atomic mass is 9.79. The zero-order valence-electron chi connectivity index (χ0n) is 13.1. The minimum atomic E-state index is 0.00692. The average molecular weight is 277 g/mol. The Kier molecular flexibility index (Phi) is 4.84. The second-order valence-corrected chi connectivity index (χ2v) is 6.74. The van der Waals surface area contributed by atoms with Crippen LogP contribution in [0.5, 0.6) is 0 Å². The Balaban J connectivity index is 2.08. The van der Waals surface area contributed by atoms with Crippen molar-refractivity contribution in [2.75, 3.05) is 5.32 Å². The monoisotopic (exact) mass is 277 g/mol. The maximum Gasteiger partial charge on any atom is 0.293 e. The predicted octanol–water partition coefficient (Wildman–Crippen LogP) is 3.14. The van der Waals surface area contributed by atoms with Crippen molar-refractivity contribution in [3.05, 3.63) is 22.7 Å². The molecule has 1 heterocycles. The molecule has 0 bridgehead atoms. The van der Waals surface area contributed by atoms with Crippen molar-refractivity contribution in [3.8, 4) is 0 Å². The summed E-state index contributed by atoms with van der Waals surface area (Å²) in [4.78, 5) is 16.6. The number of rotatable bonds is 4. The van der Waals surface area contributed by atoms with Crippen molar-refractivity contribution in [3.63, 3.8) is 0 Å². The van der Waals surface area contributed by atoms with Crippen molar-refractivity contribution in [1.82, 2.24) is 9.55 Å². The molecule has 1 aliphatic rings. The first-order chi connectivity index (χ1) is 9.47. The quantitative estimate of drug-likeness (QED) is 0.919. The molecule has 0 saturated heterocycles. The fourth-order valence-corrected chi connectivity index (χ4v) is 2.96. The highest BCUT2D eigenvalue weighted by Crippen LogP contribution is 2.30. The van der Waals surface area contributed by atoms with Gasteiger partial charge in [-0.05, 0) is 37.0 Å². The van der Waals surface area contributed by atoms with Crippen LogP contribution in [-0.4, -0.2) is 15.6 Å². The molecule has 4 heteroatoms. The Morgan fingerprint density at radius 2 is 2.10 bits per heavy atom. The Labute approximate surface area is 121 Å². The summed E-state index contributed by atoms with van der Waals surface area (Å²) in [6, 6.07) is 0.385. The minimum Gasteiger partial charge on any atom is -0.363 e. The van der Waals surface area contributed by atoms with E-state index in [9.17, 15) is 4.79 Å². The van der Waals surface area contributed by atoms with Crippen molar-refractivity contribution in [2.24, 2.45) is 17.8 Å². The number of aromatic nitrogens is 2. The van der Waals surface area contributed by atoms with Crippen molar-refractivity contribution < 1.29 is 0 Å². The number of nitrogens with zero attached hydrogens (tertiary/aromatic N) is 2. The van der Waals surface area contributed by atoms with E-state index in [1.165, 1.54) is 6.42 Å². The summed E-state index contributed by atoms with van der Waals surface area (Å²) in [5, 5.41) is 3.37. The third-order valence-electron chi connectivity index (χ3n) is 4.41. The molecule has 1 N–H and O–H groups in total. The maximum absolute atomic E-state index is 12.4. The molecule has 0 aliphatic heterocycles. The Hall–Kier alpha value is -1.32. The molecule has 3 atom stereocenters. The first kappa shape index (κ1) is 15.1. The van der Waals surface area contributed by atoms with Crippen molar-refractivity contribution >= 4 is 5.82 Å².